The van der Waals surface area contributed by atoms with E-state index in [9.17, 15) is 14.0 Å². The van der Waals surface area contributed by atoms with Crippen molar-refractivity contribution >= 4 is 40.9 Å². The van der Waals surface area contributed by atoms with E-state index in [1.807, 2.05) is 0 Å². The minimum absolute atomic E-state index is 0.0451. The Bertz CT molecular complexity index is 1020. The zero-order valence-corrected chi connectivity index (χ0v) is 17.6. The highest BCUT2D eigenvalue weighted by molar-refractivity contribution is 7.99. The van der Waals surface area contributed by atoms with Gasteiger partial charge >= 0.3 is 0 Å². The van der Waals surface area contributed by atoms with Gasteiger partial charge in [0.2, 0.25) is 11.8 Å². The van der Waals surface area contributed by atoms with E-state index >= 15 is 0 Å². The fraction of sp³-hybridized carbons (Fsp3) is 0.200. The van der Waals surface area contributed by atoms with Gasteiger partial charge in [0.15, 0.2) is 5.16 Å². The number of carbonyl (C=O) groups is 2. The van der Waals surface area contributed by atoms with Gasteiger partial charge in [-0.15, -0.1) is 10.2 Å². The van der Waals surface area contributed by atoms with Gasteiger partial charge in [-0.2, -0.15) is 0 Å². The van der Waals surface area contributed by atoms with Crippen LogP contribution in [-0.2, 0) is 29.6 Å². The number of hydrogen-bond acceptors (Lipinski definition) is 5. The average molecular weight is 448 g/mol. The highest BCUT2D eigenvalue weighted by Crippen LogP contribution is 2.17. The summed E-state index contributed by atoms with van der Waals surface area (Å²) in [6.45, 7) is 0.314. The van der Waals surface area contributed by atoms with Crippen molar-refractivity contribution in [2.24, 2.45) is 7.05 Å². The van der Waals surface area contributed by atoms with Crippen molar-refractivity contribution in [3.8, 4) is 0 Å². The molecule has 0 atom stereocenters. The summed E-state index contributed by atoms with van der Waals surface area (Å²) in [5.41, 5.74) is 1.45. The van der Waals surface area contributed by atoms with E-state index in [0.29, 0.717) is 28.2 Å². The van der Waals surface area contributed by atoms with Gasteiger partial charge in [0, 0.05) is 24.3 Å². The van der Waals surface area contributed by atoms with Crippen LogP contribution < -0.4 is 10.6 Å². The first-order valence-corrected chi connectivity index (χ1v) is 10.3. The van der Waals surface area contributed by atoms with E-state index in [1.165, 1.54) is 23.9 Å². The van der Waals surface area contributed by atoms with E-state index in [2.05, 4.69) is 20.8 Å². The fourth-order valence-corrected chi connectivity index (χ4v) is 3.38. The molecule has 1 aromatic heterocycles. The van der Waals surface area contributed by atoms with Gasteiger partial charge in [-0.25, -0.2) is 4.39 Å². The first-order valence-electron chi connectivity index (χ1n) is 8.98. The smallest absolute Gasteiger partial charge is 0.232 e. The van der Waals surface area contributed by atoms with Crippen LogP contribution in [0.25, 0.3) is 0 Å². The van der Waals surface area contributed by atoms with Crippen LogP contribution in [0.1, 0.15) is 11.4 Å². The third kappa shape index (κ3) is 6.30. The van der Waals surface area contributed by atoms with Crippen LogP contribution in [0.5, 0.6) is 0 Å². The monoisotopic (exact) mass is 447 g/mol. The molecule has 30 heavy (non-hydrogen) atoms. The molecular weight excluding hydrogens is 429 g/mol. The summed E-state index contributed by atoms with van der Waals surface area (Å²) in [4.78, 5) is 24.3. The molecule has 2 amide bonds. The molecule has 2 N–H and O–H groups in total. The minimum atomic E-state index is -0.319. The number of nitrogens with one attached hydrogen (secondary N) is 2. The van der Waals surface area contributed by atoms with E-state index in [4.69, 9.17) is 11.6 Å². The molecule has 1 heterocycles. The van der Waals surface area contributed by atoms with Crippen molar-refractivity contribution in [2.75, 3.05) is 11.1 Å². The summed E-state index contributed by atoms with van der Waals surface area (Å²) < 4.78 is 14.6. The number of nitrogens with zero attached hydrogens (tertiary/aromatic N) is 3. The molecule has 0 unspecified atom stereocenters. The maximum Gasteiger partial charge on any atom is 0.232 e. The van der Waals surface area contributed by atoms with Crippen molar-refractivity contribution in [1.29, 1.82) is 0 Å². The lowest BCUT2D eigenvalue weighted by atomic mass is 10.2. The number of benzene rings is 2. The van der Waals surface area contributed by atoms with E-state index in [-0.39, 0.29) is 29.8 Å². The van der Waals surface area contributed by atoms with Gasteiger partial charge in [-0.3, -0.25) is 9.59 Å². The Hall–Kier alpha value is -2.91. The molecule has 0 bridgehead atoms. The zero-order valence-electron chi connectivity index (χ0n) is 16.1. The number of anilines is 1. The molecule has 7 nitrogen and oxygen atoms in total. The maximum absolute atomic E-state index is 12.9. The molecule has 3 aromatic rings. The minimum Gasteiger partial charge on any atom is -0.351 e. The molecule has 0 fully saturated rings. The van der Waals surface area contributed by atoms with Crippen LogP contribution in [0.2, 0.25) is 5.02 Å². The molecule has 0 saturated carbocycles. The SMILES string of the molecule is Cn1c(CC(=O)Nc2ccc(Cl)cc2)nnc1SCC(=O)NCc1ccc(F)cc1. The van der Waals surface area contributed by atoms with Crippen LogP contribution in [0.15, 0.2) is 53.7 Å². The van der Waals surface area contributed by atoms with E-state index < -0.39 is 0 Å². The molecule has 0 radical (unpaired) electrons. The van der Waals surface area contributed by atoms with Gasteiger partial charge in [-0.05, 0) is 42.0 Å². The average Bonchev–Trinajstić information content (AvgIpc) is 3.07. The third-order valence-electron chi connectivity index (χ3n) is 4.11. The van der Waals surface area contributed by atoms with Gasteiger partial charge in [0.05, 0.1) is 12.2 Å². The summed E-state index contributed by atoms with van der Waals surface area (Å²) >= 11 is 7.05. The van der Waals surface area contributed by atoms with Crippen LogP contribution >= 0.6 is 23.4 Å². The van der Waals surface area contributed by atoms with E-state index in [1.54, 1.807) is 48.0 Å². The normalized spacial score (nSPS) is 10.6. The summed E-state index contributed by atoms with van der Waals surface area (Å²) in [6, 6.07) is 12.7. The lowest BCUT2D eigenvalue weighted by molar-refractivity contribution is -0.118. The Labute approximate surface area is 182 Å². The highest BCUT2D eigenvalue weighted by atomic mass is 35.5. The predicted octanol–water partition coefficient (Wildman–Crippen LogP) is 3.20. The lowest BCUT2D eigenvalue weighted by Crippen LogP contribution is -2.24. The van der Waals surface area contributed by atoms with Gasteiger partial charge in [0.25, 0.3) is 0 Å². The van der Waals surface area contributed by atoms with Crippen molar-refractivity contribution in [1.82, 2.24) is 20.1 Å². The van der Waals surface area contributed by atoms with Gasteiger partial charge in [0.1, 0.15) is 11.6 Å². The second-order valence-electron chi connectivity index (χ2n) is 6.38. The Balaban J connectivity index is 1.47. The number of hydrogen-bond donors (Lipinski definition) is 2. The maximum atomic E-state index is 12.9. The number of rotatable bonds is 8. The molecule has 0 spiro atoms. The molecule has 10 heteroatoms. The second-order valence-corrected chi connectivity index (χ2v) is 7.76. The first-order chi connectivity index (χ1) is 14.4. The molecule has 2 aromatic carbocycles. The van der Waals surface area contributed by atoms with Gasteiger partial charge < -0.3 is 15.2 Å². The van der Waals surface area contributed by atoms with Crippen LogP contribution in [0.3, 0.4) is 0 Å². The largest absolute Gasteiger partial charge is 0.351 e. The van der Waals surface area contributed by atoms with Crippen molar-refractivity contribution in [3.63, 3.8) is 0 Å². The predicted molar refractivity (Wildman–Crippen MR) is 114 cm³/mol. The topological polar surface area (TPSA) is 88.9 Å². The molecule has 0 aliphatic heterocycles. The number of carbonyl (C=O) groups excluding carboxylic acids is 2. The molecule has 156 valence electrons. The number of amides is 2. The summed E-state index contributed by atoms with van der Waals surface area (Å²) in [5, 5.41) is 14.7. The molecular formula is C20H19ClFN5O2S. The molecule has 0 aliphatic carbocycles. The number of thioether (sulfide) groups is 1. The van der Waals surface area contributed by atoms with Crippen LogP contribution in [0, 0.1) is 5.82 Å². The Morgan fingerprint density at radius 1 is 1.07 bits per heavy atom. The van der Waals surface area contributed by atoms with Crippen molar-refractivity contribution in [2.45, 2.75) is 18.1 Å². The molecule has 0 saturated heterocycles. The van der Waals surface area contributed by atoms with Crippen LogP contribution in [0.4, 0.5) is 10.1 Å². The number of halogens is 2. The Morgan fingerprint density at radius 2 is 1.77 bits per heavy atom. The molecule has 3 rings (SSSR count). The van der Waals surface area contributed by atoms with Crippen molar-refractivity contribution in [3.05, 3.63) is 70.8 Å². The standard InChI is InChI=1S/C20H19ClFN5O2S/c1-27-17(10-18(28)24-16-8-4-14(21)5-9-16)25-26-20(27)30-12-19(29)23-11-13-2-6-15(22)7-3-13/h2-9H,10-12H2,1H3,(H,23,29)(H,24,28). The summed E-state index contributed by atoms with van der Waals surface area (Å²) in [5.74, 6) is -0.114. The Morgan fingerprint density at radius 3 is 2.47 bits per heavy atom. The first kappa shape index (κ1) is 21.8. The van der Waals surface area contributed by atoms with Crippen molar-refractivity contribution < 1.29 is 14.0 Å². The number of aromatic nitrogens is 3. The molecule has 0 aliphatic rings. The summed E-state index contributed by atoms with van der Waals surface area (Å²) in [7, 11) is 1.74. The third-order valence-corrected chi connectivity index (χ3v) is 5.38. The van der Waals surface area contributed by atoms with Gasteiger partial charge in [-0.1, -0.05) is 35.5 Å². The quantitative estimate of drug-likeness (QED) is 0.518. The van der Waals surface area contributed by atoms with Crippen LogP contribution in [-0.4, -0.2) is 32.3 Å². The zero-order chi connectivity index (χ0) is 21.5. The second kappa shape index (κ2) is 10.2. The Kier molecular flexibility index (Phi) is 7.42. The lowest BCUT2D eigenvalue weighted by Gasteiger charge is -2.07. The van der Waals surface area contributed by atoms with E-state index in [0.717, 1.165) is 5.56 Å². The summed E-state index contributed by atoms with van der Waals surface area (Å²) in [6.07, 6.45) is 0.0451. The fourth-order valence-electron chi connectivity index (χ4n) is 2.49. The highest BCUT2D eigenvalue weighted by Gasteiger charge is 2.14.